The molecule has 10 heavy (non-hydrogen) atoms. The van der Waals surface area contributed by atoms with E-state index < -0.39 is 0 Å². The largest absolute Gasteiger partial charge is 0.327 e. The number of rotatable bonds is 3. The van der Waals surface area contributed by atoms with Crippen LogP contribution in [0.25, 0.3) is 0 Å². The molecule has 0 aromatic rings. The fourth-order valence-corrected chi connectivity index (χ4v) is 2.02. The van der Waals surface area contributed by atoms with Crippen LogP contribution in [-0.2, 0) is 0 Å². The Morgan fingerprint density at radius 1 is 1.40 bits per heavy atom. The van der Waals surface area contributed by atoms with Crippen LogP contribution in [0.1, 0.15) is 40.0 Å². The first-order chi connectivity index (χ1) is 4.66. The maximum absolute atomic E-state index is 5.94. The van der Waals surface area contributed by atoms with Crippen LogP contribution in [0.2, 0.25) is 0 Å². The van der Waals surface area contributed by atoms with Crippen molar-refractivity contribution in [2.45, 2.75) is 46.1 Å². The van der Waals surface area contributed by atoms with Gasteiger partial charge in [0.2, 0.25) is 0 Å². The molecule has 3 unspecified atom stereocenters. The summed E-state index contributed by atoms with van der Waals surface area (Å²) in [5.74, 6) is 0.822. The van der Waals surface area contributed by atoms with Gasteiger partial charge in [0.25, 0.3) is 0 Å². The third-order valence-corrected chi connectivity index (χ3v) is 3.29. The van der Waals surface area contributed by atoms with Crippen molar-refractivity contribution >= 4 is 0 Å². The van der Waals surface area contributed by atoms with Crippen molar-refractivity contribution in [3.05, 3.63) is 0 Å². The molecule has 1 nitrogen and oxygen atoms in total. The molecule has 0 saturated heterocycles. The van der Waals surface area contributed by atoms with Gasteiger partial charge in [0, 0.05) is 6.04 Å². The SMILES string of the molecule is CCCC1C(N)C1(C)CC. The first-order valence-corrected chi connectivity index (χ1v) is 4.42. The van der Waals surface area contributed by atoms with Crippen molar-refractivity contribution in [2.24, 2.45) is 17.1 Å². The maximum Gasteiger partial charge on any atom is 0.0130 e. The molecule has 0 amide bonds. The molecule has 1 rings (SSSR count). The Balaban J connectivity index is 2.39. The van der Waals surface area contributed by atoms with Crippen LogP contribution in [0.15, 0.2) is 0 Å². The summed E-state index contributed by atoms with van der Waals surface area (Å²) in [7, 11) is 0. The van der Waals surface area contributed by atoms with Gasteiger partial charge in [0.15, 0.2) is 0 Å². The fraction of sp³-hybridized carbons (Fsp3) is 1.00. The van der Waals surface area contributed by atoms with Gasteiger partial charge in [-0.1, -0.05) is 27.2 Å². The summed E-state index contributed by atoms with van der Waals surface area (Å²) in [5, 5.41) is 0. The van der Waals surface area contributed by atoms with E-state index in [-0.39, 0.29) is 0 Å². The lowest BCUT2D eigenvalue weighted by atomic mass is 10.0. The maximum atomic E-state index is 5.94. The third kappa shape index (κ3) is 0.968. The van der Waals surface area contributed by atoms with Crippen LogP contribution in [0, 0.1) is 11.3 Å². The average molecular weight is 141 g/mol. The van der Waals surface area contributed by atoms with Crippen molar-refractivity contribution < 1.29 is 0 Å². The zero-order chi connectivity index (χ0) is 7.78. The minimum Gasteiger partial charge on any atom is -0.327 e. The predicted molar refractivity (Wildman–Crippen MR) is 44.8 cm³/mol. The lowest BCUT2D eigenvalue weighted by Gasteiger charge is -2.04. The minimum atomic E-state index is 0.496. The van der Waals surface area contributed by atoms with Gasteiger partial charge in [0.1, 0.15) is 0 Å². The monoisotopic (exact) mass is 141 g/mol. The van der Waals surface area contributed by atoms with Gasteiger partial charge in [-0.3, -0.25) is 0 Å². The van der Waals surface area contributed by atoms with Crippen LogP contribution in [0.4, 0.5) is 0 Å². The molecule has 0 spiro atoms. The summed E-state index contributed by atoms with van der Waals surface area (Å²) in [6, 6.07) is 0.498. The summed E-state index contributed by atoms with van der Waals surface area (Å²) < 4.78 is 0. The molecule has 0 aromatic heterocycles. The van der Waals surface area contributed by atoms with Gasteiger partial charge in [-0.05, 0) is 24.2 Å². The highest BCUT2D eigenvalue weighted by Crippen LogP contribution is 2.55. The summed E-state index contributed by atoms with van der Waals surface area (Å²) in [4.78, 5) is 0. The molecule has 0 aliphatic heterocycles. The molecule has 1 aliphatic rings. The highest BCUT2D eigenvalue weighted by atomic mass is 14.8. The number of hydrogen-bond donors (Lipinski definition) is 1. The predicted octanol–water partition coefficient (Wildman–Crippen LogP) is 2.16. The zero-order valence-electron chi connectivity index (χ0n) is 7.35. The van der Waals surface area contributed by atoms with Crippen molar-refractivity contribution in [3.63, 3.8) is 0 Å². The molecular weight excluding hydrogens is 122 g/mol. The van der Waals surface area contributed by atoms with Gasteiger partial charge < -0.3 is 5.73 Å². The van der Waals surface area contributed by atoms with E-state index in [0.29, 0.717) is 11.5 Å². The van der Waals surface area contributed by atoms with Crippen LogP contribution < -0.4 is 5.73 Å². The smallest absolute Gasteiger partial charge is 0.0130 e. The van der Waals surface area contributed by atoms with Gasteiger partial charge >= 0.3 is 0 Å². The van der Waals surface area contributed by atoms with Gasteiger partial charge in [-0.2, -0.15) is 0 Å². The Labute approximate surface area is 64.0 Å². The van der Waals surface area contributed by atoms with E-state index in [2.05, 4.69) is 20.8 Å². The molecule has 3 atom stereocenters. The molecule has 0 radical (unpaired) electrons. The van der Waals surface area contributed by atoms with Crippen LogP contribution >= 0.6 is 0 Å². The Kier molecular flexibility index (Phi) is 2.04. The Hall–Kier alpha value is -0.0400. The van der Waals surface area contributed by atoms with E-state index in [1.165, 1.54) is 19.3 Å². The van der Waals surface area contributed by atoms with E-state index in [0.717, 1.165) is 5.92 Å². The Morgan fingerprint density at radius 2 is 2.00 bits per heavy atom. The normalized spacial score (nSPS) is 45.6. The van der Waals surface area contributed by atoms with Gasteiger partial charge in [0.05, 0.1) is 0 Å². The first-order valence-electron chi connectivity index (χ1n) is 4.42. The lowest BCUT2D eigenvalue weighted by Crippen LogP contribution is -2.08. The second-order valence-corrected chi connectivity index (χ2v) is 3.78. The molecule has 1 saturated carbocycles. The highest BCUT2D eigenvalue weighted by molar-refractivity contribution is 5.10. The summed E-state index contributed by atoms with van der Waals surface area (Å²) in [5.41, 5.74) is 6.44. The Bertz CT molecular complexity index is 122. The van der Waals surface area contributed by atoms with Crippen LogP contribution in [-0.4, -0.2) is 6.04 Å². The molecular formula is C9H19N. The molecule has 0 aromatic carbocycles. The molecule has 0 bridgehead atoms. The fourth-order valence-electron chi connectivity index (χ4n) is 2.02. The van der Waals surface area contributed by atoms with E-state index in [1.54, 1.807) is 0 Å². The molecule has 60 valence electrons. The van der Waals surface area contributed by atoms with Crippen molar-refractivity contribution in [1.29, 1.82) is 0 Å². The summed E-state index contributed by atoms with van der Waals surface area (Å²) in [6.45, 7) is 6.80. The second-order valence-electron chi connectivity index (χ2n) is 3.78. The third-order valence-electron chi connectivity index (χ3n) is 3.29. The van der Waals surface area contributed by atoms with E-state index in [9.17, 15) is 0 Å². The topological polar surface area (TPSA) is 26.0 Å². The van der Waals surface area contributed by atoms with Crippen molar-refractivity contribution in [3.8, 4) is 0 Å². The number of nitrogens with two attached hydrogens (primary N) is 1. The van der Waals surface area contributed by atoms with E-state index in [4.69, 9.17) is 5.73 Å². The second kappa shape index (κ2) is 2.54. The van der Waals surface area contributed by atoms with Crippen molar-refractivity contribution in [1.82, 2.24) is 0 Å². The zero-order valence-corrected chi connectivity index (χ0v) is 7.35. The summed E-state index contributed by atoms with van der Waals surface area (Å²) in [6.07, 6.45) is 3.86. The molecule has 0 heterocycles. The minimum absolute atomic E-state index is 0.496. The van der Waals surface area contributed by atoms with Gasteiger partial charge in [-0.25, -0.2) is 0 Å². The molecule has 1 fully saturated rings. The summed E-state index contributed by atoms with van der Waals surface area (Å²) >= 11 is 0. The highest BCUT2D eigenvalue weighted by Gasteiger charge is 2.56. The standard InChI is InChI=1S/C9H19N/c1-4-6-7-8(10)9(7,3)5-2/h7-8H,4-6,10H2,1-3H3. The van der Waals surface area contributed by atoms with Crippen molar-refractivity contribution in [2.75, 3.05) is 0 Å². The molecule has 1 heteroatoms. The van der Waals surface area contributed by atoms with Crippen LogP contribution in [0.5, 0.6) is 0 Å². The average Bonchev–Trinajstić information content (AvgIpc) is 2.43. The van der Waals surface area contributed by atoms with Crippen LogP contribution in [0.3, 0.4) is 0 Å². The Morgan fingerprint density at radius 3 is 2.30 bits per heavy atom. The van der Waals surface area contributed by atoms with Gasteiger partial charge in [-0.15, -0.1) is 0 Å². The van der Waals surface area contributed by atoms with E-state index >= 15 is 0 Å². The molecule has 1 aliphatic carbocycles. The molecule has 2 N–H and O–H groups in total. The van der Waals surface area contributed by atoms with E-state index in [1.807, 2.05) is 0 Å². The quantitative estimate of drug-likeness (QED) is 0.640. The number of hydrogen-bond acceptors (Lipinski definition) is 1. The first kappa shape index (κ1) is 8.06. The lowest BCUT2D eigenvalue weighted by molar-refractivity contribution is 0.461.